The molecule has 8 heteroatoms. The van der Waals surface area contributed by atoms with Gasteiger partial charge in [-0.05, 0) is 57.2 Å². The lowest BCUT2D eigenvalue weighted by atomic mass is 10.0. The maximum Gasteiger partial charge on any atom is 0.262 e. The number of allylic oxidation sites excluding steroid dienone is 2. The summed E-state index contributed by atoms with van der Waals surface area (Å²) in [5.41, 5.74) is 1.99. The Morgan fingerprint density at radius 3 is 2.90 bits per heavy atom. The van der Waals surface area contributed by atoms with Crippen LogP contribution < -0.4 is 5.56 Å². The molecule has 1 aliphatic rings. The van der Waals surface area contributed by atoms with Crippen LogP contribution >= 0.6 is 23.1 Å². The van der Waals surface area contributed by atoms with Crippen molar-refractivity contribution < 1.29 is 9.21 Å². The Morgan fingerprint density at radius 1 is 1.37 bits per heavy atom. The van der Waals surface area contributed by atoms with Crippen molar-refractivity contribution in [3.63, 3.8) is 0 Å². The summed E-state index contributed by atoms with van der Waals surface area (Å²) in [5, 5.41) is 1.25. The molecule has 0 aliphatic heterocycles. The number of aromatic nitrogens is 2. The second-order valence-corrected chi connectivity index (χ2v) is 9.66. The first kappa shape index (κ1) is 20.9. The van der Waals surface area contributed by atoms with Gasteiger partial charge < -0.3 is 9.32 Å². The molecule has 0 atom stereocenters. The van der Waals surface area contributed by atoms with Crippen LogP contribution in [0.2, 0.25) is 0 Å². The lowest BCUT2D eigenvalue weighted by Crippen LogP contribution is -2.32. The summed E-state index contributed by atoms with van der Waals surface area (Å²) in [6.45, 7) is 4.38. The first-order valence-corrected chi connectivity index (χ1v) is 11.9. The van der Waals surface area contributed by atoms with Gasteiger partial charge in [-0.2, -0.15) is 0 Å². The van der Waals surface area contributed by atoms with Crippen molar-refractivity contribution >= 4 is 39.2 Å². The van der Waals surface area contributed by atoms with E-state index in [1.165, 1.54) is 23.1 Å². The molecule has 0 radical (unpaired) electrons. The first-order valence-electron chi connectivity index (χ1n) is 10.1. The first-order chi connectivity index (χ1) is 14.5. The number of rotatable bonds is 6. The topological polar surface area (TPSA) is 68.3 Å². The quantitative estimate of drug-likeness (QED) is 0.405. The van der Waals surface area contributed by atoms with Crippen molar-refractivity contribution in [3.05, 3.63) is 56.7 Å². The summed E-state index contributed by atoms with van der Waals surface area (Å²) >= 11 is 2.84. The van der Waals surface area contributed by atoms with Crippen molar-refractivity contribution in [1.29, 1.82) is 0 Å². The second-order valence-electron chi connectivity index (χ2n) is 7.51. The van der Waals surface area contributed by atoms with E-state index in [-0.39, 0.29) is 17.2 Å². The fraction of sp³-hybridized carbons (Fsp3) is 0.409. The van der Waals surface area contributed by atoms with Gasteiger partial charge >= 0.3 is 0 Å². The van der Waals surface area contributed by atoms with E-state index in [9.17, 15) is 9.59 Å². The van der Waals surface area contributed by atoms with Crippen LogP contribution in [-0.2, 0) is 18.4 Å². The zero-order valence-electron chi connectivity index (χ0n) is 17.4. The molecule has 0 saturated heterocycles. The third kappa shape index (κ3) is 4.11. The third-order valence-electron chi connectivity index (χ3n) is 5.50. The van der Waals surface area contributed by atoms with Gasteiger partial charge in [0.15, 0.2) is 5.16 Å². The van der Waals surface area contributed by atoms with Gasteiger partial charge in [0.05, 0.1) is 23.9 Å². The van der Waals surface area contributed by atoms with Crippen LogP contribution in [0, 0.1) is 13.8 Å². The Morgan fingerprint density at radius 2 is 2.20 bits per heavy atom. The highest BCUT2D eigenvalue weighted by molar-refractivity contribution is 7.99. The Balaban J connectivity index is 1.56. The second kappa shape index (κ2) is 8.81. The number of thioether (sulfide) groups is 1. The standard InChI is InChI=1S/C22H25N3O3S2/c1-14-15(2)30-20-19(14)21(27)24(3)22(23-20)29-13-18(26)25(12-17-10-7-11-28-17)16-8-5-4-6-9-16/h7-8,10-11H,4-6,9,12-13H2,1-3H3. The lowest BCUT2D eigenvalue weighted by Gasteiger charge is -2.27. The maximum absolute atomic E-state index is 13.2. The molecule has 1 amide bonds. The number of fused-ring (bicyclic) bond motifs is 1. The number of hydrogen-bond acceptors (Lipinski definition) is 6. The van der Waals surface area contributed by atoms with Crippen LogP contribution in [-0.4, -0.2) is 26.1 Å². The van der Waals surface area contributed by atoms with Crippen molar-refractivity contribution in [2.24, 2.45) is 7.05 Å². The molecular formula is C22H25N3O3S2. The van der Waals surface area contributed by atoms with Gasteiger partial charge in [0.2, 0.25) is 5.91 Å². The molecule has 0 spiro atoms. The van der Waals surface area contributed by atoms with Gasteiger partial charge in [-0.3, -0.25) is 14.2 Å². The highest BCUT2D eigenvalue weighted by atomic mass is 32.2. The van der Waals surface area contributed by atoms with Gasteiger partial charge in [-0.15, -0.1) is 11.3 Å². The van der Waals surface area contributed by atoms with Crippen molar-refractivity contribution in [1.82, 2.24) is 14.5 Å². The van der Waals surface area contributed by atoms with E-state index in [4.69, 9.17) is 4.42 Å². The van der Waals surface area contributed by atoms with Crippen molar-refractivity contribution in [2.45, 2.75) is 51.2 Å². The molecule has 1 aliphatic carbocycles. The molecule has 4 rings (SSSR count). The number of hydrogen-bond donors (Lipinski definition) is 0. The van der Waals surface area contributed by atoms with Crippen LogP contribution in [0.15, 0.2) is 44.5 Å². The average molecular weight is 444 g/mol. The summed E-state index contributed by atoms with van der Waals surface area (Å²) in [4.78, 5) is 34.3. The largest absolute Gasteiger partial charge is 0.467 e. The molecule has 0 N–H and O–H groups in total. The molecule has 6 nitrogen and oxygen atoms in total. The van der Waals surface area contributed by atoms with Crippen molar-refractivity contribution in [3.8, 4) is 0 Å². The van der Waals surface area contributed by atoms with Gasteiger partial charge in [0, 0.05) is 17.6 Å². The summed E-state index contributed by atoms with van der Waals surface area (Å²) < 4.78 is 7.03. The molecule has 158 valence electrons. The van der Waals surface area contributed by atoms with Crippen molar-refractivity contribution in [2.75, 3.05) is 5.75 Å². The number of amides is 1. The Kier molecular flexibility index (Phi) is 6.15. The Hall–Kier alpha value is -2.32. The molecule has 0 saturated carbocycles. The minimum atomic E-state index is -0.0563. The minimum absolute atomic E-state index is 0.00237. The summed E-state index contributed by atoms with van der Waals surface area (Å²) in [6.07, 6.45) is 7.92. The predicted octanol–water partition coefficient (Wildman–Crippen LogP) is 4.78. The molecule has 0 aromatic carbocycles. The van der Waals surface area contributed by atoms with E-state index in [1.54, 1.807) is 17.9 Å². The van der Waals surface area contributed by atoms with Gasteiger partial charge in [0.25, 0.3) is 5.56 Å². The molecule has 3 aromatic heterocycles. The van der Waals surface area contributed by atoms with E-state index in [2.05, 4.69) is 11.1 Å². The fourth-order valence-electron chi connectivity index (χ4n) is 3.66. The lowest BCUT2D eigenvalue weighted by molar-refractivity contribution is -0.127. The number of furan rings is 1. The molecule has 3 aromatic rings. The van der Waals surface area contributed by atoms with Crippen LogP contribution in [0.25, 0.3) is 10.2 Å². The Bertz CT molecular complexity index is 1160. The highest BCUT2D eigenvalue weighted by Crippen LogP contribution is 2.29. The smallest absolute Gasteiger partial charge is 0.262 e. The summed E-state index contributed by atoms with van der Waals surface area (Å²) in [6, 6.07) is 3.72. The summed E-state index contributed by atoms with van der Waals surface area (Å²) in [5.74, 6) is 0.974. The van der Waals surface area contributed by atoms with Gasteiger partial charge in [-0.1, -0.05) is 17.8 Å². The zero-order chi connectivity index (χ0) is 21.3. The SMILES string of the molecule is Cc1sc2nc(SCC(=O)N(Cc3ccco3)C3=CCCCC3)n(C)c(=O)c2c1C. The van der Waals surface area contributed by atoms with Gasteiger partial charge in [0.1, 0.15) is 10.6 Å². The normalized spacial score (nSPS) is 14.2. The molecule has 0 bridgehead atoms. The van der Waals surface area contributed by atoms with E-state index in [0.717, 1.165) is 52.4 Å². The van der Waals surface area contributed by atoms with Crippen LogP contribution in [0.1, 0.15) is 41.9 Å². The van der Waals surface area contributed by atoms with E-state index in [0.29, 0.717) is 17.1 Å². The van der Waals surface area contributed by atoms with Crippen LogP contribution in [0.4, 0.5) is 0 Å². The van der Waals surface area contributed by atoms with Crippen LogP contribution in [0.3, 0.4) is 0 Å². The molecule has 0 unspecified atom stereocenters. The molecule has 0 fully saturated rings. The maximum atomic E-state index is 13.2. The molecular weight excluding hydrogens is 418 g/mol. The van der Waals surface area contributed by atoms with E-state index < -0.39 is 0 Å². The van der Waals surface area contributed by atoms with Gasteiger partial charge in [-0.25, -0.2) is 4.98 Å². The number of carbonyl (C=O) groups excluding carboxylic acids is 1. The molecule has 3 heterocycles. The number of aryl methyl sites for hydroxylation is 2. The van der Waals surface area contributed by atoms with Crippen LogP contribution in [0.5, 0.6) is 0 Å². The minimum Gasteiger partial charge on any atom is -0.467 e. The van der Waals surface area contributed by atoms with E-state index >= 15 is 0 Å². The number of thiophene rings is 1. The van der Waals surface area contributed by atoms with E-state index in [1.807, 2.05) is 30.9 Å². The monoisotopic (exact) mass is 443 g/mol. The fourth-order valence-corrected chi connectivity index (χ4v) is 5.58. The summed E-state index contributed by atoms with van der Waals surface area (Å²) in [7, 11) is 1.72. The zero-order valence-corrected chi connectivity index (χ0v) is 19.1. The number of nitrogens with zero attached hydrogens (tertiary/aromatic N) is 3. The Labute approximate surface area is 183 Å². The number of carbonyl (C=O) groups is 1. The molecule has 30 heavy (non-hydrogen) atoms. The third-order valence-corrected chi connectivity index (χ3v) is 7.62. The average Bonchev–Trinajstić information content (AvgIpc) is 3.36. The highest BCUT2D eigenvalue weighted by Gasteiger charge is 2.22. The predicted molar refractivity (Wildman–Crippen MR) is 121 cm³/mol.